The highest BCUT2D eigenvalue weighted by Crippen LogP contribution is 2.35. The van der Waals surface area contributed by atoms with Crippen LogP contribution in [0.2, 0.25) is 0 Å². The third-order valence-electron chi connectivity index (χ3n) is 6.19. The molecule has 1 aromatic carbocycles. The van der Waals surface area contributed by atoms with Crippen molar-refractivity contribution in [2.24, 2.45) is 0 Å². The number of benzene rings is 1. The molecular formula is C30H25N3O3S. The Bertz CT molecular complexity index is 1670. The van der Waals surface area contributed by atoms with Gasteiger partial charge in [-0.1, -0.05) is 12.1 Å². The number of carbonyl (C=O) groups excluding carboxylic acids is 1. The summed E-state index contributed by atoms with van der Waals surface area (Å²) in [5, 5.41) is 0. The summed E-state index contributed by atoms with van der Waals surface area (Å²) in [4.78, 5) is 24.9. The summed E-state index contributed by atoms with van der Waals surface area (Å²) in [7, 11) is 0. The van der Waals surface area contributed by atoms with E-state index in [1.165, 1.54) is 0 Å². The minimum absolute atomic E-state index is 0.112. The number of H-pyrrole nitrogens is 1. The van der Waals surface area contributed by atoms with E-state index < -0.39 is 0 Å². The number of ether oxygens (including phenoxy) is 2. The van der Waals surface area contributed by atoms with Crippen molar-refractivity contribution in [3.8, 4) is 16.9 Å². The third-order valence-corrected chi connectivity index (χ3v) is 7.24. The lowest BCUT2D eigenvalue weighted by Crippen LogP contribution is -2.14. The second-order valence-corrected chi connectivity index (χ2v) is 9.96. The number of nitrogens with zero attached hydrogens (tertiary/aromatic N) is 2. The monoisotopic (exact) mass is 507 g/mol. The number of aryl methyl sites for hydroxylation is 2. The van der Waals surface area contributed by atoms with Gasteiger partial charge in [-0.15, -0.1) is 11.3 Å². The Labute approximate surface area is 218 Å². The first-order valence-corrected chi connectivity index (χ1v) is 13.1. The number of aromatic nitrogens is 3. The fourth-order valence-corrected chi connectivity index (χ4v) is 5.55. The van der Waals surface area contributed by atoms with Crippen molar-refractivity contribution in [2.45, 2.75) is 19.8 Å². The summed E-state index contributed by atoms with van der Waals surface area (Å²) in [6.07, 6.45) is 5.98. The van der Waals surface area contributed by atoms with Crippen molar-refractivity contribution >= 4 is 49.9 Å². The molecular weight excluding hydrogens is 482 g/mol. The van der Waals surface area contributed by atoms with E-state index in [0.29, 0.717) is 12.4 Å². The minimum Gasteiger partial charge on any atom is -0.482 e. The molecule has 5 heterocycles. The number of thiophene rings is 1. The Morgan fingerprint density at radius 3 is 2.51 bits per heavy atom. The topological polar surface area (TPSA) is 77.1 Å². The van der Waals surface area contributed by atoms with Crippen LogP contribution in [0.25, 0.3) is 43.7 Å². The highest BCUT2D eigenvalue weighted by Gasteiger charge is 2.12. The number of esters is 1. The molecule has 8 bridgehead atoms. The summed E-state index contributed by atoms with van der Waals surface area (Å²) in [6.45, 7) is 2.00. The summed E-state index contributed by atoms with van der Waals surface area (Å²) >= 11 is 1.73. The van der Waals surface area contributed by atoms with Crippen LogP contribution in [0.4, 0.5) is 0 Å². The predicted molar refractivity (Wildman–Crippen MR) is 148 cm³/mol. The molecule has 6 rings (SSSR count). The highest BCUT2D eigenvalue weighted by atomic mass is 32.1. The van der Waals surface area contributed by atoms with E-state index in [4.69, 9.17) is 19.4 Å². The molecule has 37 heavy (non-hydrogen) atoms. The zero-order chi connectivity index (χ0) is 25.2. The molecule has 0 atom stereocenters. The van der Waals surface area contributed by atoms with E-state index in [1.807, 2.05) is 30.3 Å². The van der Waals surface area contributed by atoms with Gasteiger partial charge in [-0.2, -0.15) is 0 Å². The fraction of sp³-hybridized carbons (Fsp3) is 0.167. The van der Waals surface area contributed by atoms with Crippen LogP contribution >= 0.6 is 11.3 Å². The van der Waals surface area contributed by atoms with E-state index in [0.717, 1.165) is 67.2 Å². The lowest BCUT2D eigenvalue weighted by Gasteiger charge is -2.08. The SMILES string of the molecule is CCOC(=O)COc1ccc(-c2c3nc(cc4ccc(cc5nc(cc6ccc2s6)CC5)[nH]4)C=C3)cc1. The lowest BCUT2D eigenvalue weighted by molar-refractivity contribution is -0.145. The minimum atomic E-state index is -0.380. The van der Waals surface area contributed by atoms with Gasteiger partial charge in [0, 0.05) is 37.4 Å². The Morgan fingerprint density at radius 1 is 0.919 bits per heavy atom. The standard InChI is InChI=1S/C30H25N3O3S/c1-2-35-29(34)18-36-25-10-3-19(4-11-25)30-27-13-9-23(33-27)16-22-6-5-20(31-22)15-21-7-8-24(32-21)17-26-12-14-28(30)37-26/h3-6,9-17,31H,2,7-8,18H2,1H3. The van der Waals surface area contributed by atoms with Crippen molar-refractivity contribution in [2.75, 3.05) is 13.2 Å². The van der Waals surface area contributed by atoms with Crippen LogP contribution in [0.3, 0.4) is 0 Å². The van der Waals surface area contributed by atoms with E-state index in [2.05, 4.69) is 53.5 Å². The summed E-state index contributed by atoms with van der Waals surface area (Å²) in [5.74, 6) is 0.232. The molecule has 2 aliphatic heterocycles. The van der Waals surface area contributed by atoms with Gasteiger partial charge in [-0.25, -0.2) is 9.78 Å². The van der Waals surface area contributed by atoms with Crippen molar-refractivity contribution in [1.82, 2.24) is 15.0 Å². The van der Waals surface area contributed by atoms with Crippen molar-refractivity contribution < 1.29 is 14.3 Å². The van der Waals surface area contributed by atoms with Gasteiger partial charge in [-0.05, 0) is 92.1 Å². The van der Waals surface area contributed by atoms with Gasteiger partial charge in [0.2, 0.25) is 0 Å². The van der Waals surface area contributed by atoms with Gasteiger partial charge < -0.3 is 14.5 Å². The van der Waals surface area contributed by atoms with Crippen molar-refractivity contribution in [1.29, 1.82) is 0 Å². The first kappa shape index (κ1) is 23.2. The zero-order valence-corrected chi connectivity index (χ0v) is 21.2. The maximum Gasteiger partial charge on any atom is 0.344 e. The van der Waals surface area contributed by atoms with Gasteiger partial charge >= 0.3 is 5.97 Å². The average Bonchev–Trinajstić information content (AvgIpc) is 3.70. The second kappa shape index (κ2) is 10.0. The highest BCUT2D eigenvalue weighted by molar-refractivity contribution is 7.23. The maximum atomic E-state index is 11.6. The van der Waals surface area contributed by atoms with Crippen molar-refractivity contribution in [3.05, 3.63) is 89.5 Å². The number of hydrogen-bond acceptors (Lipinski definition) is 6. The van der Waals surface area contributed by atoms with Crippen LogP contribution in [0.5, 0.6) is 5.75 Å². The van der Waals surface area contributed by atoms with Crippen molar-refractivity contribution in [3.63, 3.8) is 0 Å². The third kappa shape index (κ3) is 5.17. The van der Waals surface area contributed by atoms with Crippen LogP contribution in [-0.2, 0) is 22.4 Å². The first-order chi connectivity index (χ1) is 18.1. The largest absolute Gasteiger partial charge is 0.482 e. The number of rotatable bonds is 5. The van der Waals surface area contributed by atoms with Crippen LogP contribution in [0.15, 0.2) is 66.7 Å². The molecule has 6 nitrogen and oxygen atoms in total. The molecule has 3 aromatic heterocycles. The number of nitrogens with one attached hydrogen (secondary N) is 1. The van der Waals surface area contributed by atoms with E-state index in [1.54, 1.807) is 18.3 Å². The van der Waals surface area contributed by atoms with Gasteiger partial charge in [0.05, 0.1) is 18.0 Å². The fourth-order valence-electron chi connectivity index (χ4n) is 4.50. The second-order valence-electron chi connectivity index (χ2n) is 8.85. The number of hydrogen-bond donors (Lipinski definition) is 1. The molecule has 0 fully saturated rings. The molecule has 2 aliphatic rings. The van der Waals surface area contributed by atoms with Crippen LogP contribution in [0.1, 0.15) is 29.7 Å². The Kier molecular flexibility index (Phi) is 6.28. The maximum absolute atomic E-state index is 11.6. The number of carbonyl (C=O) groups is 1. The van der Waals surface area contributed by atoms with Gasteiger partial charge in [0.25, 0.3) is 0 Å². The normalized spacial score (nSPS) is 12.5. The molecule has 0 radical (unpaired) electrons. The summed E-state index contributed by atoms with van der Waals surface area (Å²) in [6, 6.07) is 22.6. The molecule has 0 saturated heterocycles. The smallest absolute Gasteiger partial charge is 0.344 e. The molecule has 0 unspecified atom stereocenters. The van der Waals surface area contributed by atoms with E-state index in [9.17, 15) is 4.79 Å². The molecule has 0 amide bonds. The van der Waals surface area contributed by atoms with E-state index in [-0.39, 0.29) is 12.6 Å². The Morgan fingerprint density at radius 2 is 1.70 bits per heavy atom. The molecule has 4 aromatic rings. The molecule has 7 heteroatoms. The van der Waals surface area contributed by atoms with Gasteiger partial charge in [0.1, 0.15) is 5.75 Å². The average molecular weight is 508 g/mol. The predicted octanol–water partition coefficient (Wildman–Crippen LogP) is 6.61. The first-order valence-electron chi connectivity index (χ1n) is 12.3. The molecule has 0 spiro atoms. The number of aromatic amines is 1. The molecule has 0 aliphatic carbocycles. The molecule has 184 valence electrons. The quantitative estimate of drug-likeness (QED) is 0.271. The van der Waals surface area contributed by atoms with Crippen LogP contribution < -0.4 is 4.74 Å². The van der Waals surface area contributed by atoms with Crippen LogP contribution in [-0.4, -0.2) is 34.1 Å². The van der Waals surface area contributed by atoms with Gasteiger partial charge in [0.15, 0.2) is 6.61 Å². The van der Waals surface area contributed by atoms with Crippen LogP contribution in [0, 0.1) is 0 Å². The summed E-state index contributed by atoms with van der Waals surface area (Å²) in [5.41, 5.74) is 8.10. The molecule has 1 N–H and O–H groups in total. The van der Waals surface area contributed by atoms with Gasteiger partial charge in [-0.3, -0.25) is 4.98 Å². The Balaban J connectivity index is 1.49. The molecule has 0 saturated carbocycles. The Hall–Kier alpha value is -4.23. The summed E-state index contributed by atoms with van der Waals surface area (Å²) < 4.78 is 12.8. The lowest BCUT2D eigenvalue weighted by atomic mass is 10.0. The number of fused-ring (bicyclic) bond motifs is 8. The van der Waals surface area contributed by atoms with E-state index >= 15 is 0 Å². The zero-order valence-electron chi connectivity index (χ0n) is 20.4.